The number of aromatic amines is 1. The number of imidazole rings is 2. The largest absolute Gasteiger partial charge is 0.505 e. The van der Waals surface area contributed by atoms with Crippen LogP contribution in [0, 0.1) is 13.8 Å². The van der Waals surface area contributed by atoms with E-state index in [2.05, 4.69) is 34.0 Å². The molecule has 10 heteroatoms. The third-order valence-corrected chi connectivity index (χ3v) is 5.08. The Morgan fingerprint density at radius 3 is 2.13 bits per heavy atom. The number of rotatable bonds is 2. The lowest BCUT2D eigenvalue weighted by Crippen LogP contribution is -2.10. The highest BCUT2D eigenvalue weighted by Crippen LogP contribution is 2.28. The average molecular weight is 451 g/mol. The van der Waals surface area contributed by atoms with Crippen LogP contribution in [0.4, 0.5) is 0 Å². The third-order valence-electron chi connectivity index (χ3n) is 4.61. The second-order valence-electron chi connectivity index (χ2n) is 7.66. The highest BCUT2D eigenvalue weighted by Gasteiger charge is 2.17. The summed E-state index contributed by atoms with van der Waals surface area (Å²) in [4.78, 5) is 19.9. The maximum absolute atomic E-state index is 11.2. The molecule has 30 heavy (non-hydrogen) atoms. The smallest absolute Gasteiger partial charge is 0.266 e. The average Bonchev–Trinajstić information content (AvgIpc) is 3.14. The molecule has 0 aliphatic heterocycles. The minimum Gasteiger partial charge on any atom is -0.505 e. The number of hydrogen-bond acceptors (Lipinski definition) is 5. The SMILES string of the molecule is Cc1nc(C(C)C)c2c(Cl)cc(Cl)nn12.Cc1nc(C(C)C)c2c(O)cc(=O)[nH]n12. The molecule has 0 spiro atoms. The van der Waals surface area contributed by atoms with Crippen molar-refractivity contribution in [2.45, 2.75) is 53.4 Å². The Bertz CT molecular complexity index is 1290. The number of H-pyrrole nitrogens is 1. The molecule has 4 rings (SSSR count). The van der Waals surface area contributed by atoms with Crippen molar-refractivity contribution >= 4 is 34.2 Å². The van der Waals surface area contributed by atoms with Crippen LogP contribution in [0.5, 0.6) is 5.75 Å². The van der Waals surface area contributed by atoms with Crippen molar-refractivity contribution < 1.29 is 5.11 Å². The molecule has 0 aliphatic carbocycles. The van der Waals surface area contributed by atoms with Crippen molar-refractivity contribution in [3.05, 3.63) is 55.7 Å². The summed E-state index contributed by atoms with van der Waals surface area (Å²) in [5.41, 5.74) is 2.86. The summed E-state index contributed by atoms with van der Waals surface area (Å²) < 4.78 is 3.22. The molecule has 0 aliphatic rings. The van der Waals surface area contributed by atoms with Gasteiger partial charge in [-0.1, -0.05) is 50.9 Å². The summed E-state index contributed by atoms with van der Waals surface area (Å²) in [6.07, 6.45) is 0. The Hall–Kier alpha value is -2.58. The molecule has 4 aromatic heterocycles. The number of aromatic nitrogens is 6. The van der Waals surface area contributed by atoms with Crippen LogP contribution in [-0.4, -0.2) is 34.3 Å². The van der Waals surface area contributed by atoms with Gasteiger partial charge in [0.15, 0.2) is 5.15 Å². The van der Waals surface area contributed by atoms with Crippen molar-refractivity contribution in [1.29, 1.82) is 0 Å². The zero-order chi connectivity index (χ0) is 22.3. The highest BCUT2D eigenvalue weighted by atomic mass is 35.5. The van der Waals surface area contributed by atoms with Crippen LogP contribution in [0.3, 0.4) is 0 Å². The van der Waals surface area contributed by atoms with Crippen molar-refractivity contribution in [3.8, 4) is 5.75 Å². The Morgan fingerprint density at radius 1 is 0.967 bits per heavy atom. The minimum atomic E-state index is -0.337. The zero-order valence-corrected chi connectivity index (χ0v) is 19.2. The standard InChI is InChI=1S/C10H11Cl2N3.C10H13N3O2/c1-5(2)9-10-7(11)4-8(12)14-15(10)6(3)13-9;1-5(2)9-10-7(14)4-8(15)12-13(10)6(3)11-9/h4-5H,1-3H3;4-5,14H,1-3H3,(H,12,15). The first-order chi connectivity index (χ1) is 14.0. The molecule has 0 bridgehead atoms. The number of aryl methyl sites for hydroxylation is 2. The Labute approximate surface area is 183 Å². The first-order valence-electron chi connectivity index (χ1n) is 9.53. The van der Waals surface area contributed by atoms with E-state index in [9.17, 15) is 9.90 Å². The lowest BCUT2D eigenvalue weighted by atomic mass is 10.1. The van der Waals surface area contributed by atoms with Gasteiger partial charge in [-0.05, 0) is 31.7 Å². The summed E-state index contributed by atoms with van der Waals surface area (Å²) in [6.45, 7) is 11.8. The Kier molecular flexibility index (Phi) is 6.10. The van der Waals surface area contributed by atoms with Gasteiger partial charge in [-0.25, -0.2) is 19.0 Å². The fourth-order valence-corrected chi connectivity index (χ4v) is 3.79. The van der Waals surface area contributed by atoms with Gasteiger partial charge in [0.1, 0.15) is 28.4 Å². The second kappa shape index (κ2) is 8.28. The van der Waals surface area contributed by atoms with Crippen LogP contribution in [0.25, 0.3) is 11.0 Å². The molecule has 0 radical (unpaired) electrons. The second-order valence-corrected chi connectivity index (χ2v) is 8.46. The van der Waals surface area contributed by atoms with Gasteiger partial charge in [0.25, 0.3) is 5.56 Å². The van der Waals surface area contributed by atoms with E-state index < -0.39 is 0 Å². The molecule has 2 N–H and O–H groups in total. The van der Waals surface area contributed by atoms with Crippen molar-refractivity contribution in [2.75, 3.05) is 0 Å². The number of fused-ring (bicyclic) bond motifs is 2. The quantitative estimate of drug-likeness (QED) is 0.463. The molecule has 4 heterocycles. The van der Waals surface area contributed by atoms with E-state index in [1.54, 1.807) is 17.5 Å². The third kappa shape index (κ3) is 4.02. The van der Waals surface area contributed by atoms with E-state index in [1.165, 1.54) is 10.6 Å². The van der Waals surface area contributed by atoms with Crippen LogP contribution in [0.2, 0.25) is 10.2 Å². The van der Waals surface area contributed by atoms with E-state index in [1.807, 2.05) is 20.8 Å². The van der Waals surface area contributed by atoms with E-state index in [0.717, 1.165) is 22.7 Å². The number of aromatic hydroxyl groups is 1. The molecule has 4 aromatic rings. The molecule has 0 fully saturated rings. The van der Waals surface area contributed by atoms with Crippen LogP contribution in [0.15, 0.2) is 16.9 Å². The molecule has 0 amide bonds. The number of hydrogen-bond donors (Lipinski definition) is 2. The lowest BCUT2D eigenvalue weighted by Gasteiger charge is -2.03. The first-order valence-corrected chi connectivity index (χ1v) is 10.3. The van der Waals surface area contributed by atoms with Crippen molar-refractivity contribution in [1.82, 2.24) is 29.2 Å². The van der Waals surface area contributed by atoms with Crippen LogP contribution in [0.1, 0.15) is 62.6 Å². The molecule has 0 saturated carbocycles. The van der Waals surface area contributed by atoms with E-state index >= 15 is 0 Å². The van der Waals surface area contributed by atoms with Gasteiger partial charge in [0.05, 0.1) is 16.4 Å². The number of nitrogens with one attached hydrogen (secondary N) is 1. The van der Waals surface area contributed by atoms with Crippen LogP contribution in [-0.2, 0) is 0 Å². The van der Waals surface area contributed by atoms with Gasteiger partial charge >= 0.3 is 0 Å². The van der Waals surface area contributed by atoms with Gasteiger partial charge in [-0.2, -0.15) is 5.10 Å². The summed E-state index contributed by atoms with van der Waals surface area (Å²) in [5.74, 6) is 1.96. The van der Waals surface area contributed by atoms with Gasteiger partial charge in [0, 0.05) is 6.07 Å². The molecule has 0 saturated heterocycles. The van der Waals surface area contributed by atoms with Crippen LogP contribution >= 0.6 is 23.2 Å². The topological polar surface area (TPSA) is 101 Å². The van der Waals surface area contributed by atoms with Gasteiger partial charge in [0.2, 0.25) is 0 Å². The first kappa shape index (κ1) is 22.1. The number of nitrogens with zero attached hydrogens (tertiary/aromatic N) is 5. The molecule has 0 atom stereocenters. The molecule has 0 unspecified atom stereocenters. The van der Waals surface area contributed by atoms with Crippen molar-refractivity contribution in [3.63, 3.8) is 0 Å². The molecular weight excluding hydrogens is 427 g/mol. The predicted molar refractivity (Wildman–Crippen MR) is 118 cm³/mol. The summed E-state index contributed by atoms with van der Waals surface area (Å²) in [5, 5.41) is 17.5. The van der Waals surface area contributed by atoms with Gasteiger partial charge in [-0.15, -0.1) is 0 Å². The molecule has 160 valence electrons. The maximum Gasteiger partial charge on any atom is 0.266 e. The molecular formula is C20H24Cl2N6O2. The summed E-state index contributed by atoms with van der Waals surface area (Å²) >= 11 is 12.0. The van der Waals surface area contributed by atoms with Gasteiger partial charge in [-0.3, -0.25) is 9.89 Å². The molecule has 8 nitrogen and oxygen atoms in total. The Balaban J connectivity index is 0.000000171. The fraction of sp³-hybridized carbons (Fsp3) is 0.400. The van der Waals surface area contributed by atoms with E-state index in [0.29, 0.717) is 27.4 Å². The van der Waals surface area contributed by atoms with E-state index in [4.69, 9.17) is 23.2 Å². The fourth-order valence-electron chi connectivity index (χ4n) is 3.26. The van der Waals surface area contributed by atoms with Gasteiger partial charge < -0.3 is 5.11 Å². The minimum absolute atomic E-state index is 0.0250. The monoisotopic (exact) mass is 450 g/mol. The van der Waals surface area contributed by atoms with Crippen LogP contribution < -0.4 is 5.56 Å². The normalized spacial score (nSPS) is 11.5. The molecule has 0 aromatic carbocycles. The highest BCUT2D eigenvalue weighted by molar-refractivity contribution is 6.36. The lowest BCUT2D eigenvalue weighted by molar-refractivity contribution is 0.475. The maximum atomic E-state index is 11.2. The van der Waals surface area contributed by atoms with Crippen molar-refractivity contribution in [2.24, 2.45) is 0 Å². The summed E-state index contributed by atoms with van der Waals surface area (Å²) in [6, 6.07) is 2.81. The zero-order valence-electron chi connectivity index (χ0n) is 17.7. The van der Waals surface area contributed by atoms with E-state index in [-0.39, 0.29) is 17.2 Å². The number of halogens is 2. The summed E-state index contributed by atoms with van der Waals surface area (Å²) in [7, 11) is 0. The Morgan fingerprint density at radius 2 is 1.53 bits per heavy atom. The predicted octanol–water partition coefficient (Wildman–Crippen LogP) is 4.63.